The average Bonchev–Trinajstić information content (AvgIpc) is 3.15. The zero-order chi connectivity index (χ0) is 42.3. The summed E-state index contributed by atoms with van der Waals surface area (Å²) >= 11 is 0. The number of phosphoric acid groups is 1. The van der Waals surface area contributed by atoms with Crippen LogP contribution in [0.4, 0.5) is 0 Å². The predicted molar refractivity (Wildman–Crippen MR) is 232 cm³/mol. The molecule has 0 saturated heterocycles. The second kappa shape index (κ2) is 37.4. The molecule has 0 spiro atoms. The minimum absolute atomic E-state index is 0.0163. The Hall–Kier alpha value is -2.85. The van der Waals surface area contributed by atoms with Crippen molar-refractivity contribution in [3.8, 4) is 0 Å². The first-order chi connectivity index (χ1) is 27.4. The van der Waals surface area contributed by atoms with Gasteiger partial charge in [-0.05, 0) is 83.5 Å². The van der Waals surface area contributed by atoms with Crippen LogP contribution in [-0.2, 0) is 32.7 Å². The number of hydrogen-bond donors (Lipinski definition) is 1. The molecule has 326 valence electrons. The van der Waals surface area contributed by atoms with Gasteiger partial charge in [0.05, 0.1) is 33.9 Å². The monoisotopic (exact) mass is 820 g/mol. The Bertz CT molecular complexity index is 1260. The minimum atomic E-state index is -4.69. The number of aliphatic hydroxyl groups excluding tert-OH is 1. The number of rotatable bonds is 37. The Balaban J connectivity index is 4.67. The van der Waals surface area contributed by atoms with Crippen LogP contribution in [0, 0.1) is 0 Å². The van der Waals surface area contributed by atoms with E-state index in [-0.39, 0.29) is 26.1 Å². The lowest BCUT2D eigenvalue weighted by molar-refractivity contribution is -0.870. The van der Waals surface area contributed by atoms with Gasteiger partial charge in [-0.2, -0.15) is 0 Å². The topological polar surface area (TPSA) is 131 Å². The lowest BCUT2D eigenvalue weighted by atomic mass is 10.1. The molecule has 0 aliphatic heterocycles. The largest absolute Gasteiger partial charge is 0.756 e. The minimum Gasteiger partial charge on any atom is -0.756 e. The highest BCUT2D eigenvalue weighted by molar-refractivity contribution is 7.45. The zero-order valence-electron chi connectivity index (χ0n) is 36.1. The number of quaternary nitrogens is 1. The molecule has 57 heavy (non-hydrogen) atoms. The molecular weight excluding hydrogens is 741 g/mol. The lowest BCUT2D eigenvalue weighted by Crippen LogP contribution is -2.37. The molecule has 0 amide bonds. The SMILES string of the molecule is CCCCC/C=C\C/C=C\C/C=C\C=C\[C@H](O)CCCC(=O)O[C@H](COC(=O)CCCC/C=C\C/C=C\C/C=C\CCCCC)COP(=O)([O-])OCC[N+](C)(C)C. The number of carbonyl (C=O) groups excluding carboxylic acids is 2. The Labute approximate surface area is 346 Å². The van der Waals surface area contributed by atoms with Crippen LogP contribution in [0.3, 0.4) is 0 Å². The van der Waals surface area contributed by atoms with Crippen LogP contribution in [0.1, 0.15) is 136 Å². The van der Waals surface area contributed by atoms with Gasteiger partial charge in [-0.3, -0.25) is 14.2 Å². The van der Waals surface area contributed by atoms with Crippen molar-refractivity contribution in [3.63, 3.8) is 0 Å². The molecule has 1 N–H and O–H groups in total. The van der Waals surface area contributed by atoms with E-state index in [4.69, 9.17) is 18.5 Å². The fourth-order valence-electron chi connectivity index (χ4n) is 5.06. The van der Waals surface area contributed by atoms with Crippen LogP contribution in [0.2, 0.25) is 0 Å². The molecular formula is C46H78NO9P. The van der Waals surface area contributed by atoms with Crippen LogP contribution < -0.4 is 4.89 Å². The molecule has 0 heterocycles. The van der Waals surface area contributed by atoms with Crippen LogP contribution in [0.25, 0.3) is 0 Å². The Morgan fingerprint density at radius 2 is 1.16 bits per heavy atom. The maximum Gasteiger partial charge on any atom is 0.306 e. The van der Waals surface area contributed by atoms with Gasteiger partial charge in [0.15, 0.2) is 6.10 Å². The summed E-state index contributed by atoms with van der Waals surface area (Å²) in [4.78, 5) is 37.5. The number of allylic oxidation sites excluding steroid dienone is 13. The van der Waals surface area contributed by atoms with Gasteiger partial charge in [0.1, 0.15) is 19.8 Å². The molecule has 0 aliphatic carbocycles. The molecule has 1 unspecified atom stereocenters. The van der Waals surface area contributed by atoms with Crippen molar-refractivity contribution in [1.29, 1.82) is 0 Å². The van der Waals surface area contributed by atoms with Crippen molar-refractivity contribution >= 4 is 19.8 Å². The molecule has 0 radical (unpaired) electrons. The first-order valence-electron chi connectivity index (χ1n) is 21.4. The third kappa shape index (κ3) is 41.1. The standard InChI is InChI=1S/C46H78NO9P/c1-6-8-10-12-14-16-18-20-21-23-25-27-29-31-33-37-45(49)53-41-44(42-55-57(51,52)54-40-39-47(3,4)5)56-46(50)38-34-36-43(48)35-32-30-28-26-24-22-19-17-15-13-11-9-7-2/h14-17,20-22,24-25,27-28,30,32,35,43-44,48H,6-13,18-19,23,26,29,31,33-34,36-42H2,1-5H3/b16-14-,17-15-,21-20-,24-22-,27-25-,30-28-,35-32+/t43-,44+/m0/s1. The van der Waals surface area contributed by atoms with Gasteiger partial charge in [-0.15, -0.1) is 0 Å². The van der Waals surface area contributed by atoms with Gasteiger partial charge in [0, 0.05) is 12.8 Å². The summed E-state index contributed by atoms with van der Waals surface area (Å²) in [5.74, 6) is -1.09. The summed E-state index contributed by atoms with van der Waals surface area (Å²) in [5, 5.41) is 10.3. The quantitative estimate of drug-likeness (QED) is 0.0162. The molecule has 10 nitrogen and oxygen atoms in total. The van der Waals surface area contributed by atoms with Gasteiger partial charge in [0.25, 0.3) is 7.82 Å². The molecule has 0 fully saturated rings. The Kier molecular flexibility index (Phi) is 35.6. The van der Waals surface area contributed by atoms with E-state index in [1.807, 2.05) is 33.3 Å². The van der Waals surface area contributed by atoms with Gasteiger partial charge in [-0.1, -0.05) is 125 Å². The van der Waals surface area contributed by atoms with E-state index >= 15 is 0 Å². The van der Waals surface area contributed by atoms with E-state index in [0.29, 0.717) is 30.3 Å². The molecule has 0 aromatic rings. The van der Waals surface area contributed by atoms with Crippen molar-refractivity contribution in [2.24, 2.45) is 0 Å². The summed E-state index contributed by atoms with van der Waals surface area (Å²) in [7, 11) is 1.01. The Morgan fingerprint density at radius 1 is 0.649 bits per heavy atom. The van der Waals surface area contributed by atoms with Crippen molar-refractivity contribution in [2.75, 3.05) is 47.5 Å². The molecule has 0 bridgehead atoms. The summed E-state index contributed by atoms with van der Waals surface area (Å²) < 4.78 is 33.6. The summed E-state index contributed by atoms with van der Waals surface area (Å²) in [6.07, 6.45) is 43.6. The Morgan fingerprint density at radius 3 is 1.70 bits per heavy atom. The number of esters is 2. The number of unbranched alkanes of at least 4 members (excludes halogenated alkanes) is 8. The molecule has 0 aliphatic rings. The van der Waals surface area contributed by atoms with E-state index in [0.717, 1.165) is 51.4 Å². The first kappa shape index (κ1) is 54.2. The summed E-state index contributed by atoms with van der Waals surface area (Å²) in [6, 6.07) is 0. The van der Waals surface area contributed by atoms with Crippen molar-refractivity contribution < 1.29 is 47.2 Å². The molecule has 0 saturated carbocycles. The van der Waals surface area contributed by atoms with E-state index < -0.39 is 38.6 Å². The van der Waals surface area contributed by atoms with Gasteiger partial charge in [-0.25, -0.2) is 0 Å². The van der Waals surface area contributed by atoms with E-state index in [2.05, 4.69) is 74.6 Å². The summed E-state index contributed by atoms with van der Waals surface area (Å²) in [5.41, 5.74) is 0. The summed E-state index contributed by atoms with van der Waals surface area (Å²) in [6.45, 7) is 3.86. The first-order valence-corrected chi connectivity index (χ1v) is 22.9. The highest BCUT2D eigenvalue weighted by atomic mass is 31.2. The normalized spacial score (nSPS) is 15.0. The predicted octanol–water partition coefficient (Wildman–Crippen LogP) is 10.4. The number of nitrogens with zero attached hydrogens (tertiary/aromatic N) is 1. The second-order valence-electron chi connectivity index (χ2n) is 15.2. The smallest absolute Gasteiger partial charge is 0.306 e. The van der Waals surface area contributed by atoms with Gasteiger partial charge in [0.2, 0.25) is 0 Å². The van der Waals surface area contributed by atoms with Crippen LogP contribution >= 0.6 is 7.82 Å². The maximum absolute atomic E-state index is 12.7. The average molecular weight is 820 g/mol. The molecule has 3 atom stereocenters. The van der Waals surface area contributed by atoms with E-state index in [1.54, 1.807) is 12.2 Å². The van der Waals surface area contributed by atoms with E-state index in [9.17, 15) is 24.2 Å². The van der Waals surface area contributed by atoms with Gasteiger partial charge < -0.3 is 33.0 Å². The number of phosphoric ester groups is 1. The van der Waals surface area contributed by atoms with Crippen molar-refractivity contribution in [3.05, 3.63) is 85.1 Å². The molecule has 11 heteroatoms. The fraction of sp³-hybridized carbons (Fsp3) is 0.652. The van der Waals surface area contributed by atoms with Crippen LogP contribution in [0.5, 0.6) is 0 Å². The number of carbonyl (C=O) groups is 2. The number of hydrogen-bond acceptors (Lipinski definition) is 9. The van der Waals surface area contributed by atoms with E-state index in [1.165, 1.54) is 38.5 Å². The third-order valence-corrected chi connectivity index (χ3v) is 9.46. The second-order valence-corrected chi connectivity index (χ2v) is 16.6. The molecule has 0 aromatic carbocycles. The number of ether oxygens (including phenoxy) is 2. The van der Waals surface area contributed by atoms with Crippen molar-refractivity contribution in [1.82, 2.24) is 0 Å². The zero-order valence-corrected chi connectivity index (χ0v) is 37.0. The van der Waals surface area contributed by atoms with Crippen LogP contribution in [0.15, 0.2) is 85.1 Å². The molecule has 0 aromatic heterocycles. The van der Waals surface area contributed by atoms with Gasteiger partial charge >= 0.3 is 11.9 Å². The fourth-order valence-corrected chi connectivity index (χ4v) is 5.78. The number of aliphatic hydroxyl groups is 1. The van der Waals surface area contributed by atoms with Crippen LogP contribution in [-0.4, -0.2) is 81.2 Å². The number of likely N-dealkylation sites (N-methyl/N-ethyl adjacent to an activating group) is 1. The maximum atomic E-state index is 12.7. The highest BCUT2D eigenvalue weighted by Crippen LogP contribution is 2.38. The lowest BCUT2D eigenvalue weighted by Gasteiger charge is -2.28. The van der Waals surface area contributed by atoms with Crippen molar-refractivity contribution in [2.45, 2.75) is 148 Å². The molecule has 0 rings (SSSR count). The highest BCUT2D eigenvalue weighted by Gasteiger charge is 2.22. The third-order valence-electron chi connectivity index (χ3n) is 8.49.